The predicted octanol–water partition coefficient (Wildman–Crippen LogP) is 3.88. The van der Waals surface area contributed by atoms with E-state index >= 15 is 0 Å². The van der Waals surface area contributed by atoms with Crippen LogP contribution in [0.2, 0.25) is 0 Å². The fraction of sp³-hybridized carbons (Fsp3) is 0.522. The average molecular weight is 508 g/mol. The molecule has 35 heavy (non-hydrogen) atoms. The molecule has 0 radical (unpaired) electrons. The van der Waals surface area contributed by atoms with Crippen LogP contribution < -0.4 is 10.2 Å². The molecule has 1 saturated carbocycles. The molecule has 9 nitrogen and oxygen atoms in total. The van der Waals surface area contributed by atoms with Crippen molar-refractivity contribution < 1.29 is 26.9 Å². The fourth-order valence-corrected chi connectivity index (χ4v) is 7.24. The van der Waals surface area contributed by atoms with Gasteiger partial charge in [0.1, 0.15) is 28.7 Å². The molecule has 1 spiro atoms. The van der Waals surface area contributed by atoms with Crippen molar-refractivity contribution in [2.45, 2.75) is 68.8 Å². The molecule has 3 fully saturated rings. The number of halogens is 2. The number of carbonyl (C=O) groups excluding carboxylic acids is 1. The Morgan fingerprint density at radius 3 is 2.37 bits per heavy atom. The highest BCUT2D eigenvalue weighted by Gasteiger charge is 2.55. The molecule has 1 N–H and O–H groups in total. The third-order valence-corrected chi connectivity index (χ3v) is 9.30. The minimum Gasteiger partial charge on any atom is -0.593 e. The number of hydrogen-bond acceptors (Lipinski definition) is 6. The van der Waals surface area contributed by atoms with Crippen LogP contribution >= 0.6 is 0 Å². The number of sulfonamides is 1. The SMILES string of the molecule is Cc1noc(C)c1[S+](=O)([O-])N1CCC2(CC1)C(=NC1CCCC1)NC(=O)N2c1cc(F)cc(F)c1. The van der Waals surface area contributed by atoms with E-state index in [2.05, 4.69) is 10.5 Å². The summed E-state index contributed by atoms with van der Waals surface area (Å²) in [4.78, 5) is 19.4. The Morgan fingerprint density at radius 2 is 1.80 bits per heavy atom. The molecule has 2 aromatic rings. The number of piperidine rings is 1. The molecule has 1 aromatic heterocycles. The van der Waals surface area contributed by atoms with E-state index in [1.54, 1.807) is 13.8 Å². The van der Waals surface area contributed by atoms with Crippen LogP contribution in [0.5, 0.6) is 0 Å². The van der Waals surface area contributed by atoms with Gasteiger partial charge in [-0.1, -0.05) is 22.2 Å². The number of rotatable bonds is 4. The highest BCUT2D eigenvalue weighted by atomic mass is 32.3. The molecular weight excluding hydrogens is 480 g/mol. The molecule has 2 saturated heterocycles. The van der Waals surface area contributed by atoms with Crippen LogP contribution in [0.1, 0.15) is 50.0 Å². The number of amidine groups is 1. The molecule has 1 aromatic carbocycles. The highest BCUT2D eigenvalue weighted by molar-refractivity contribution is 7.95. The Morgan fingerprint density at radius 1 is 1.17 bits per heavy atom. The molecule has 3 aliphatic rings. The molecule has 1 atom stereocenters. The molecular formula is C23H27F2N5O4S. The van der Waals surface area contributed by atoms with E-state index in [-0.39, 0.29) is 54.0 Å². The van der Waals surface area contributed by atoms with Crippen molar-refractivity contribution in [2.24, 2.45) is 4.99 Å². The lowest BCUT2D eigenvalue weighted by atomic mass is 9.85. The van der Waals surface area contributed by atoms with Crippen LogP contribution in [0, 0.1) is 25.5 Å². The number of carbonyl (C=O) groups is 1. The van der Waals surface area contributed by atoms with Crippen LogP contribution in [-0.2, 0) is 14.6 Å². The van der Waals surface area contributed by atoms with E-state index in [0.717, 1.165) is 43.9 Å². The number of benzene rings is 1. The van der Waals surface area contributed by atoms with Crippen molar-refractivity contribution in [3.05, 3.63) is 41.3 Å². The summed E-state index contributed by atoms with van der Waals surface area (Å²) in [5, 5.41) is 6.59. The van der Waals surface area contributed by atoms with E-state index in [1.165, 1.54) is 9.21 Å². The Labute approximate surface area is 202 Å². The summed E-state index contributed by atoms with van der Waals surface area (Å²) in [5.74, 6) is -0.959. The molecule has 2 amide bonds. The maximum Gasteiger partial charge on any atom is 0.328 e. The van der Waals surface area contributed by atoms with Gasteiger partial charge in [-0.15, -0.1) is 4.31 Å². The summed E-state index contributed by atoms with van der Waals surface area (Å²) in [6.45, 7) is 3.28. The standard InChI is InChI=1S/C23H27F2N5O4S/c1-14-20(15(2)34-28-14)35(32,33)29-9-7-23(8-10-29)21(26-18-5-3-4-6-18)27-22(31)30(23)19-12-16(24)11-17(25)13-19/h11-13,18H,3-10H2,1-2H3,(H-,26,27,31,32,33). The zero-order chi connectivity index (χ0) is 25.0. The van der Waals surface area contributed by atoms with Gasteiger partial charge in [-0.05, 0) is 44.7 Å². The Hall–Kier alpha value is -2.70. The topological polar surface area (TPSA) is 114 Å². The average Bonchev–Trinajstić information content (AvgIpc) is 3.48. The second kappa shape index (κ2) is 8.75. The molecule has 5 rings (SSSR count). The number of hydrogen-bond donors (Lipinski definition) is 1. The maximum absolute atomic E-state index is 14.1. The van der Waals surface area contributed by atoms with Gasteiger partial charge < -0.3 is 9.08 Å². The van der Waals surface area contributed by atoms with Gasteiger partial charge in [0, 0.05) is 26.1 Å². The molecule has 1 unspecified atom stereocenters. The van der Waals surface area contributed by atoms with Crippen LogP contribution in [0.25, 0.3) is 0 Å². The minimum atomic E-state index is -3.88. The quantitative estimate of drug-likeness (QED) is 0.631. The van der Waals surface area contributed by atoms with Crippen molar-refractivity contribution in [2.75, 3.05) is 18.0 Å². The van der Waals surface area contributed by atoms with E-state index in [0.29, 0.717) is 5.84 Å². The van der Waals surface area contributed by atoms with Gasteiger partial charge in [-0.3, -0.25) is 15.2 Å². The van der Waals surface area contributed by atoms with Crippen molar-refractivity contribution in [3.8, 4) is 0 Å². The van der Waals surface area contributed by atoms with Crippen molar-refractivity contribution in [1.82, 2.24) is 14.8 Å². The van der Waals surface area contributed by atoms with Crippen LogP contribution in [0.3, 0.4) is 0 Å². The lowest BCUT2D eigenvalue weighted by Gasteiger charge is -2.43. The van der Waals surface area contributed by atoms with Crippen LogP contribution in [0.4, 0.5) is 19.3 Å². The lowest BCUT2D eigenvalue weighted by Crippen LogP contribution is -2.58. The van der Waals surface area contributed by atoms with Gasteiger partial charge in [0.2, 0.25) is 4.90 Å². The summed E-state index contributed by atoms with van der Waals surface area (Å²) in [6.07, 6.45) is 4.30. The highest BCUT2D eigenvalue weighted by Crippen LogP contribution is 2.41. The number of nitrogens with zero attached hydrogens (tertiary/aromatic N) is 4. The van der Waals surface area contributed by atoms with E-state index in [9.17, 15) is 22.3 Å². The first-order chi connectivity index (χ1) is 16.6. The number of nitrogens with one attached hydrogen (secondary N) is 1. The first kappa shape index (κ1) is 24.0. The first-order valence-electron chi connectivity index (χ1n) is 11.7. The van der Waals surface area contributed by atoms with Gasteiger partial charge >= 0.3 is 6.03 Å². The zero-order valence-electron chi connectivity index (χ0n) is 19.6. The van der Waals surface area contributed by atoms with E-state index in [1.807, 2.05) is 0 Å². The van der Waals surface area contributed by atoms with Gasteiger partial charge in [0.25, 0.3) is 0 Å². The third kappa shape index (κ3) is 4.07. The molecule has 1 aliphatic carbocycles. The Bertz CT molecular complexity index is 1190. The fourth-order valence-electron chi connectivity index (χ4n) is 5.50. The summed E-state index contributed by atoms with van der Waals surface area (Å²) in [6, 6.07) is 2.48. The number of aliphatic imine (C=N–C) groups is 1. The van der Waals surface area contributed by atoms with Crippen LogP contribution in [0.15, 0.2) is 32.6 Å². The van der Waals surface area contributed by atoms with Gasteiger partial charge in [0.15, 0.2) is 16.2 Å². The van der Waals surface area contributed by atoms with Gasteiger partial charge in [-0.2, -0.15) is 0 Å². The van der Waals surface area contributed by atoms with Crippen molar-refractivity contribution in [1.29, 1.82) is 0 Å². The second-order valence-electron chi connectivity index (χ2n) is 9.40. The number of anilines is 1. The maximum atomic E-state index is 14.1. The van der Waals surface area contributed by atoms with Gasteiger partial charge in [-0.25, -0.2) is 13.6 Å². The number of aryl methyl sites for hydroxylation is 2. The Kier molecular flexibility index (Phi) is 6.01. The Balaban J connectivity index is 1.52. The molecule has 12 heteroatoms. The molecule has 2 aliphatic heterocycles. The summed E-state index contributed by atoms with van der Waals surface area (Å²) in [7, 11) is -3.88. The predicted molar refractivity (Wildman–Crippen MR) is 124 cm³/mol. The lowest BCUT2D eigenvalue weighted by molar-refractivity contribution is 0.240. The second-order valence-corrected chi connectivity index (χ2v) is 11.3. The third-order valence-electron chi connectivity index (χ3n) is 7.15. The van der Waals surface area contributed by atoms with E-state index < -0.39 is 33.6 Å². The van der Waals surface area contributed by atoms with Crippen molar-refractivity contribution in [3.63, 3.8) is 0 Å². The number of amides is 2. The summed E-state index contributed by atoms with van der Waals surface area (Å²) in [5.41, 5.74) is -0.690. The van der Waals surface area contributed by atoms with E-state index in [4.69, 9.17) is 9.52 Å². The normalized spacial score (nSPS) is 23.9. The van der Waals surface area contributed by atoms with Gasteiger partial charge in [0.05, 0.1) is 11.7 Å². The summed E-state index contributed by atoms with van der Waals surface area (Å²) >= 11 is 0. The van der Waals surface area contributed by atoms with Crippen molar-refractivity contribution >= 4 is 28.0 Å². The number of aromatic nitrogens is 1. The molecule has 3 heterocycles. The first-order valence-corrected chi connectivity index (χ1v) is 13.1. The molecule has 188 valence electrons. The molecule has 0 bridgehead atoms. The van der Waals surface area contributed by atoms with Crippen LogP contribution in [-0.4, -0.2) is 50.6 Å². The monoisotopic (exact) mass is 507 g/mol. The largest absolute Gasteiger partial charge is 0.593 e. The number of urea groups is 1. The zero-order valence-corrected chi connectivity index (χ0v) is 20.4. The minimum absolute atomic E-state index is 0.0398. The summed E-state index contributed by atoms with van der Waals surface area (Å²) < 4.78 is 61.3. The smallest absolute Gasteiger partial charge is 0.328 e.